The van der Waals surface area contributed by atoms with Gasteiger partial charge < -0.3 is 20.6 Å². The lowest BCUT2D eigenvalue weighted by molar-refractivity contribution is -0.142. The van der Waals surface area contributed by atoms with Gasteiger partial charge in [-0.25, -0.2) is 0 Å². The molecule has 2 unspecified atom stereocenters. The predicted octanol–water partition coefficient (Wildman–Crippen LogP) is 2.01. The number of nitrogens with one attached hydrogen (secondary N) is 2. The molecule has 31 heavy (non-hydrogen) atoms. The summed E-state index contributed by atoms with van der Waals surface area (Å²) in [5, 5.41) is 15.8. The molecule has 0 aromatic heterocycles. The number of likely N-dealkylation sites (tertiary alicyclic amines) is 1. The van der Waals surface area contributed by atoms with Crippen molar-refractivity contribution in [1.29, 1.82) is 0 Å². The fourth-order valence-electron chi connectivity index (χ4n) is 5.44. The van der Waals surface area contributed by atoms with Crippen molar-refractivity contribution >= 4 is 35.2 Å². The summed E-state index contributed by atoms with van der Waals surface area (Å²) < 4.78 is -0.640. The van der Waals surface area contributed by atoms with Gasteiger partial charge in [0.2, 0.25) is 17.7 Å². The molecular weight excluding hydrogens is 414 g/mol. The van der Waals surface area contributed by atoms with Crippen molar-refractivity contribution < 1.29 is 19.5 Å². The van der Waals surface area contributed by atoms with Gasteiger partial charge in [-0.05, 0) is 52.7 Å². The Labute approximate surface area is 187 Å². The second kappa shape index (κ2) is 7.81. The maximum atomic E-state index is 13.7. The molecule has 1 spiro atoms. The maximum Gasteiger partial charge on any atom is 0.244 e. The normalized spacial score (nSPS) is 32.7. The molecule has 3 N–H and O–H groups in total. The van der Waals surface area contributed by atoms with E-state index in [1.807, 2.05) is 51.1 Å². The van der Waals surface area contributed by atoms with Crippen LogP contribution in [0.15, 0.2) is 30.3 Å². The molecule has 3 aliphatic heterocycles. The summed E-state index contributed by atoms with van der Waals surface area (Å²) in [6.07, 6.45) is 1.51. The number of hydrogen-bond donors (Lipinski definition) is 3. The first kappa shape index (κ1) is 22.1. The summed E-state index contributed by atoms with van der Waals surface area (Å²) in [5.74, 6) is -1.63. The fraction of sp³-hybridized carbons (Fsp3) is 0.609. The highest BCUT2D eigenvalue weighted by Crippen LogP contribution is 2.66. The van der Waals surface area contributed by atoms with E-state index in [4.69, 9.17) is 0 Å². The van der Waals surface area contributed by atoms with Crippen LogP contribution in [0.3, 0.4) is 0 Å². The van der Waals surface area contributed by atoms with Crippen molar-refractivity contribution in [2.75, 3.05) is 11.9 Å². The van der Waals surface area contributed by atoms with Crippen LogP contribution in [0.1, 0.15) is 40.5 Å². The molecule has 3 fully saturated rings. The second-order valence-electron chi connectivity index (χ2n) is 9.93. The Bertz CT molecular complexity index is 887. The zero-order valence-corrected chi connectivity index (χ0v) is 19.2. The Morgan fingerprint density at radius 1 is 1.26 bits per heavy atom. The summed E-state index contributed by atoms with van der Waals surface area (Å²) >= 11 is 1.63. The molecule has 1 aromatic carbocycles. The van der Waals surface area contributed by atoms with E-state index < -0.39 is 34.2 Å². The maximum absolute atomic E-state index is 13.7. The molecule has 168 valence electrons. The zero-order valence-electron chi connectivity index (χ0n) is 18.4. The number of aliphatic hydroxyl groups is 1. The van der Waals surface area contributed by atoms with Gasteiger partial charge in [0.15, 0.2) is 0 Å². The summed E-state index contributed by atoms with van der Waals surface area (Å²) in [4.78, 5) is 41.9. The van der Waals surface area contributed by atoms with Crippen LogP contribution in [0, 0.1) is 11.8 Å². The molecule has 3 aliphatic rings. The minimum atomic E-state index is -0.698. The van der Waals surface area contributed by atoms with Gasteiger partial charge in [-0.15, -0.1) is 11.8 Å². The number of fused-ring (bicyclic) bond motifs is 1. The van der Waals surface area contributed by atoms with Gasteiger partial charge in [0.25, 0.3) is 0 Å². The highest BCUT2D eigenvalue weighted by Gasteiger charge is 2.74. The zero-order chi connectivity index (χ0) is 22.6. The number of rotatable bonds is 5. The number of benzene rings is 1. The molecule has 3 amide bonds. The third-order valence-electron chi connectivity index (χ3n) is 6.57. The van der Waals surface area contributed by atoms with Gasteiger partial charge in [-0.2, -0.15) is 0 Å². The molecule has 6 atom stereocenters. The van der Waals surface area contributed by atoms with E-state index in [2.05, 4.69) is 10.6 Å². The Morgan fingerprint density at radius 2 is 1.94 bits per heavy atom. The number of carbonyl (C=O) groups excluding carboxylic acids is 3. The molecule has 0 aliphatic carbocycles. The van der Waals surface area contributed by atoms with Gasteiger partial charge in [0.1, 0.15) is 6.04 Å². The number of anilines is 1. The van der Waals surface area contributed by atoms with E-state index in [9.17, 15) is 19.5 Å². The smallest absolute Gasteiger partial charge is 0.244 e. The molecule has 8 heteroatoms. The summed E-state index contributed by atoms with van der Waals surface area (Å²) in [7, 11) is 0. The molecule has 0 saturated carbocycles. The van der Waals surface area contributed by atoms with Crippen LogP contribution >= 0.6 is 11.8 Å². The number of hydrogen-bond acceptors (Lipinski definition) is 5. The Morgan fingerprint density at radius 3 is 2.55 bits per heavy atom. The Hall–Kier alpha value is -2.06. The fourth-order valence-corrected chi connectivity index (χ4v) is 7.64. The van der Waals surface area contributed by atoms with Crippen molar-refractivity contribution in [3.05, 3.63) is 30.3 Å². The molecule has 3 saturated heterocycles. The summed E-state index contributed by atoms with van der Waals surface area (Å²) in [5.41, 5.74) is 0.247. The number of carbonyl (C=O) groups is 3. The lowest BCUT2D eigenvalue weighted by Gasteiger charge is -2.37. The van der Waals surface area contributed by atoms with Crippen LogP contribution in [-0.2, 0) is 14.4 Å². The highest BCUT2D eigenvalue weighted by atomic mass is 32.2. The van der Waals surface area contributed by atoms with Crippen molar-refractivity contribution in [2.24, 2.45) is 11.8 Å². The first-order valence-electron chi connectivity index (χ1n) is 10.9. The number of amides is 3. The monoisotopic (exact) mass is 445 g/mol. The Balaban J connectivity index is 1.69. The number of aliphatic hydroxyl groups excluding tert-OH is 1. The van der Waals surface area contributed by atoms with Crippen molar-refractivity contribution in [1.82, 2.24) is 10.2 Å². The third-order valence-corrected chi connectivity index (χ3v) is 8.52. The van der Waals surface area contributed by atoms with Crippen LogP contribution in [0.5, 0.6) is 0 Å². The standard InChI is InChI=1S/C23H31N3O4S/c1-13(12-27)26-18(20(29)25-22(2,3)4)23-11-10-15(31-23)16(17(23)21(26)30)19(28)24-14-8-6-5-7-9-14/h5-9,13,15-18,27H,10-12H2,1-4H3,(H,24,28)(H,25,29)/t13-,15+,16-,17+,18?,23?/m1/s1. The van der Waals surface area contributed by atoms with E-state index in [0.29, 0.717) is 12.1 Å². The van der Waals surface area contributed by atoms with Crippen molar-refractivity contribution in [3.8, 4) is 0 Å². The summed E-state index contributed by atoms with van der Waals surface area (Å²) in [6.45, 7) is 7.25. The SMILES string of the molecule is C[C@H](CO)N1C(=O)[C@@H]2[C@H](C(=O)Nc3ccccc3)[C@@H]3CCC2(S3)C1C(=O)NC(C)(C)C. The van der Waals surface area contributed by atoms with E-state index in [1.54, 1.807) is 23.6 Å². The first-order valence-corrected chi connectivity index (χ1v) is 11.8. The van der Waals surface area contributed by atoms with E-state index in [-0.39, 0.29) is 29.6 Å². The molecule has 4 rings (SSSR count). The van der Waals surface area contributed by atoms with Crippen LogP contribution in [0.4, 0.5) is 5.69 Å². The molecule has 7 nitrogen and oxygen atoms in total. The number of nitrogens with zero attached hydrogens (tertiary/aromatic N) is 1. The minimum absolute atomic E-state index is 0.00850. The number of thioether (sulfide) groups is 1. The van der Waals surface area contributed by atoms with Crippen LogP contribution in [-0.4, -0.2) is 62.0 Å². The summed E-state index contributed by atoms with van der Waals surface area (Å²) in [6, 6.07) is 8.03. The van der Waals surface area contributed by atoms with Gasteiger partial charge in [0, 0.05) is 16.5 Å². The minimum Gasteiger partial charge on any atom is -0.394 e. The topological polar surface area (TPSA) is 98.7 Å². The lowest BCUT2D eigenvalue weighted by atomic mass is 9.70. The largest absolute Gasteiger partial charge is 0.394 e. The molecule has 2 bridgehead atoms. The van der Waals surface area contributed by atoms with Gasteiger partial charge in [0.05, 0.1) is 29.2 Å². The van der Waals surface area contributed by atoms with Gasteiger partial charge in [-0.3, -0.25) is 14.4 Å². The molecule has 0 radical (unpaired) electrons. The van der Waals surface area contributed by atoms with Crippen molar-refractivity contribution in [2.45, 2.75) is 68.2 Å². The highest BCUT2D eigenvalue weighted by molar-refractivity contribution is 8.02. The van der Waals surface area contributed by atoms with Crippen LogP contribution < -0.4 is 10.6 Å². The Kier molecular flexibility index (Phi) is 5.58. The first-order chi connectivity index (χ1) is 14.6. The van der Waals surface area contributed by atoms with Gasteiger partial charge in [-0.1, -0.05) is 18.2 Å². The molecule has 3 heterocycles. The van der Waals surface area contributed by atoms with E-state index >= 15 is 0 Å². The number of para-hydroxylation sites is 1. The van der Waals surface area contributed by atoms with Crippen LogP contribution in [0.25, 0.3) is 0 Å². The van der Waals surface area contributed by atoms with E-state index in [1.165, 1.54) is 0 Å². The van der Waals surface area contributed by atoms with Gasteiger partial charge >= 0.3 is 0 Å². The molecular formula is C23H31N3O4S. The second-order valence-corrected chi connectivity index (χ2v) is 11.5. The van der Waals surface area contributed by atoms with Crippen LogP contribution in [0.2, 0.25) is 0 Å². The average molecular weight is 446 g/mol. The quantitative estimate of drug-likeness (QED) is 0.644. The molecule has 1 aromatic rings. The third kappa shape index (κ3) is 3.63. The van der Waals surface area contributed by atoms with E-state index in [0.717, 1.165) is 6.42 Å². The predicted molar refractivity (Wildman–Crippen MR) is 120 cm³/mol. The average Bonchev–Trinajstić information content (AvgIpc) is 3.34. The lowest BCUT2D eigenvalue weighted by Crippen LogP contribution is -2.58. The van der Waals surface area contributed by atoms with Crippen molar-refractivity contribution in [3.63, 3.8) is 0 Å².